The molecule has 1 aromatic carbocycles. The second-order valence-corrected chi connectivity index (χ2v) is 3.23. The minimum atomic E-state index is -0.0748. The van der Waals surface area contributed by atoms with E-state index in [1.54, 1.807) is 0 Å². The molecule has 14 heavy (non-hydrogen) atoms. The molecule has 0 aromatic heterocycles. The number of benzene rings is 1. The first-order valence-corrected chi connectivity index (χ1v) is 4.86. The number of rotatable bonds is 4. The van der Waals surface area contributed by atoms with Gasteiger partial charge in [-0.3, -0.25) is 0 Å². The summed E-state index contributed by atoms with van der Waals surface area (Å²) in [5.41, 5.74) is 1.48. The van der Waals surface area contributed by atoms with E-state index in [0.717, 1.165) is 18.4 Å². The van der Waals surface area contributed by atoms with Gasteiger partial charge in [-0.15, -0.1) is 0 Å². The van der Waals surface area contributed by atoms with Crippen molar-refractivity contribution in [3.63, 3.8) is 0 Å². The molecule has 0 saturated carbocycles. The summed E-state index contributed by atoms with van der Waals surface area (Å²) in [6.07, 6.45) is 1.66. The van der Waals surface area contributed by atoms with Crippen molar-refractivity contribution in [2.75, 3.05) is 6.61 Å². The van der Waals surface area contributed by atoms with Crippen molar-refractivity contribution in [3.05, 3.63) is 41.5 Å². The molecule has 2 nitrogen and oxygen atoms in total. The number of aliphatic hydroxyl groups is 2. The Morgan fingerprint density at radius 3 is 2.36 bits per heavy atom. The molecule has 0 spiro atoms. The van der Waals surface area contributed by atoms with Gasteiger partial charge in [-0.25, -0.2) is 0 Å². The van der Waals surface area contributed by atoms with E-state index in [9.17, 15) is 5.11 Å². The molecule has 0 saturated heterocycles. The molecule has 76 valence electrons. The van der Waals surface area contributed by atoms with Gasteiger partial charge in [-0.05, 0) is 12.0 Å². The van der Waals surface area contributed by atoms with Crippen LogP contribution in [-0.2, 0) is 0 Å². The maximum Gasteiger partial charge on any atom is 0.124 e. The van der Waals surface area contributed by atoms with Gasteiger partial charge in [0.15, 0.2) is 0 Å². The lowest BCUT2D eigenvalue weighted by Crippen LogP contribution is -1.96. The predicted molar refractivity (Wildman–Crippen MR) is 58.0 cm³/mol. The van der Waals surface area contributed by atoms with Crippen molar-refractivity contribution < 1.29 is 10.2 Å². The number of aliphatic hydroxyl groups excluding tert-OH is 2. The number of hydrogen-bond acceptors (Lipinski definition) is 2. The smallest absolute Gasteiger partial charge is 0.124 e. The monoisotopic (exact) mass is 192 g/mol. The van der Waals surface area contributed by atoms with Gasteiger partial charge < -0.3 is 10.2 Å². The van der Waals surface area contributed by atoms with Gasteiger partial charge in [-0.2, -0.15) is 0 Å². The summed E-state index contributed by atoms with van der Waals surface area (Å²) < 4.78 is 0. The Kier molecular flexibility index (Phi) is 4.20. The summed E-state index contributed by atoms with van der Waals surface area (Å²) in [6, 6.07) is 9.30. The van der Waals surface area contributed by atoms with Crippen molar-refractivity contribution in [1.29, 1.82) is 0 Å². The average molecular weight is 192 g/mol. The summed E-state index contributed by atoms with van der Waals surface area (Å²) >= 11 is 0. The van der Waals surface area contributed by atoms with Crippen LogP contribution in [0.3, 0.4) is 0 Å². The van der Waals surface area contributed by atoms with E-state index in [2.05, 4.69) is 0 Å². The van der Waals surface area contributed by atoms with Gasteiger partial charge in [0.2, 0.25) is 0 Å². The first kappa shape index (κ1) is 10.8. The zero-order valence-electron chi connectivity index (χ0n) is 8.40. The van der Waals surface area contributed by atoms with Gasteiger partial charge >= 0.3 is 0 Å². The Labute approximate surface area is 84.5 Å². The van der Waals surface area contributed by atoms with Crippen LogP contribution in [0.1, 0.15) is 25.3 Å². The molecule has 0 heterocycles. The molecule has 0 fully saturated rings. The van der Waals surface area contributed by atoms with Gasteiger partial charge in [0, 0.05) is 5.56 Å². The lowest BCUT2D eigenvalue weighted by molar-refractivity contribution is 0.322. The van der Waals surface area contributed by atoms with E-state index in [4.69, 9.17) is 5.11 Å². The second kappa shape index (κ2) is 5.45. The topological polar surface area (TPSA) is 40.5 Å². The molecule has 0 radical (unpaired) electrons. The Balaban J connectivity index is 2.95. The van der Waals surface area contributed by atoms with Crippen LogP contribution in [0.2, 0.25) is 0 Å². The Bertz CT molecular complexity index is 301. The molecule has 1 aromatic rings. The summed E-state index contributed by atoms with van der Waals surface area (Å²) in [6.45, 7) is 1.95. The van der Waals surface area contributed by atoms with Crippen LogP contribution in [0.15, 0.2) is 35.9 Å². The van der Waals surface area contributed by atoms with Crippen LogP contribution in [0, 0.1) is 0 Å². The van der Waals surface area contributed by atoms with E-state index in [1.807, 2.05) is 37.3 Å². The van der Waals surface area contributed by atoms with Crippen molar-refractivity contribution in [2.45, 2.75) is 19.8 Å². The minimum Gasteiger partial charge on any atom is -0.507 e. The third-order valence-electron chi connectivity index (χ3n) is 2.12. The molecule has 0 amide bonds. The van der Waals surface area contributed by atoms with Crippen LogP contribution in [-0.4, -0.2) is 16.8 Å². The van der Waals surface area contributed by atoms with Crippen LogP contribution < -0.4 is 0 Å². The highest BCUT2D eigenvalue weighted by Crippen LogP contribution is 2.18. The normalized spacial score (nSPS) is 12.4. The molecular weight excluding hydrogens is 176 g/mol. The van der Waals surface area contributed by atoms with E-state index < -0.39 is 0 Å². The van der Waals surface area contributed by atoms with Crippen molar-refractivity contribution >= 4 is 5.76 Å². The molecule has 2 heteroatoms. The standard InChI is InChI=1S/C12H16O2/c1-2-6-11(9-13)12(14)10-7-4-3-5-8-10/h3-5,7-8,13-14H,2,6,9H2,1H3. The molecule has 0 aliphatic heterocycles. The van der Waals surface area contributed by atoms with Crippen LogP contribution in [0.25, 0.3) is 5.76 Å². The molecule has 0 aliphatic carbocycles. The summed E-state index contributed by atoms with van der Waals surface area (Å²) in [7, 11) is 0. The Morgan fingerprint density at radius 1 is 1.21 bits per heavy atom. The highest BCUT2D eigenvalue weighted by atomic mass is 16.3. The summed E-state index contributed by atoms with van der Waals surface area (Å²) in [4.78, 5) is 0. The minimum absolute atomic E-state index is 0.0748. The lowest BCUT2D eigenvalue weighted by atomic mass is 10.1. The number of hydrogen-bond donors (Lipinski definition) is 2. The van der Waals surface area contributed by atoms with Crippen molar-refractivity contribution in [3.8, 4) is 0 Å². The third-order valence-corrected chi connectivity index (χ3v) is 2.12. The zero-order valence-corrected chi connectivity index (χ0v) is 8.40. The Hall–Kier alpha value is -1.28. The third kappa shape index (κ3) is 2.60. The average Bonchev–Trinajstić information content (AvgIpc) is 2.26. The summed E-state index contributed by atoms with van der Waals surface area (Å²) in [5, 5.41) is 18.9. The maximum atomic E-state index is 9.83. The van der Waals surface area contributed by atoms with E-state index in [0.29, 0.717) is 5.57 Å². The molecule has 2 N–H and O–H groups in total. The van der Waals surface area contributed by atoms with E-state index >= 15 is 0 Å². The maximum absolute atomic E-state index is 9.83. The molecule has 1 rings (SSSR count). The SMILES string of the molecule is CCCC(CO)=C(O)c1ccccc1. The first-order chi connectivity index (χ1) is 6.79. The van der Waals surface area contributed by atoms with Gasteiger partial charge in [-0.1, -0.05) is 43.7 Å². The van der Waals surface area contributed by atoms with Crippen LogP contribution in [0.5, 0.6) is 0 Å². The molecule has 0 unspecified atom stereocenters. The molecule has 0 aliphatic rings. The summed E-state index contributed by atoms with van der Waals surface area (Å²) in [5.74, 6) is 0.218. The van der Waals surface area contributed by atoms with Crippen molar-refractivity contribution in [1.82, 2.24) is 0 Å². The predicted octanol–water partition coefficient (Wildman–Crippen LogP) is 2.75. The van der Waals surface area contributed by atoms with Crippen LogP contribution >= 0.6 is 0 Å². The van der Waals surface area contributed by atoms with Gasteiger partial charge in [0.25, 0.3) is 0 Å². The van der Waals surface area contributed by atoms with E-state index in [1.165, 1.54) is 0 Å². The largest absolute Gasteiger partial charge is 0.507 e. The fourth-order valence-electron chi connectivity index (χ4n) is 1.37. The van der Waals surface area contributed by atoms with E-state index in [-0.39, 0.29) is 12.4 Å². The van der Waals surface area contributed by atoms with Gasteiger partial charge in [0.05, 0.1) is 6.61 Å². The highest BCUT2D eigenvalue weighted by molar-refractivity contribution is 5.61. The lowest BCUT2D eigenvalue weighted by Gasteiger charge is -2.07. The quantitative estimate of drug-likeness (QED) is 0.720. The second-order valence-electron chi connectivity index (χ2n) is 3.23. The first-order valence-electron chi connectivity index (χ1n) is 4.86. The Morgan fingerprint density at radius 2 is 1.86 bits per heavy atom. The highest BCUT2D eigenvalue weighted by Gasteiger charge is 2.05. The molecule has 0 atom stereocenters. The molecule has 0 bridgehead atoms. The van der Waals surface area contributed by atoms with Gasteiger partial charge in [0.1, 0.15) is 5.76 Å². The zero-order chi connectivity index (χ0) is 10.4. The molecular formula is C12H16O2. The fourth-order valence-corrected chi connectivity index (χ4v) is 1.37. The van der Waals surface area contributed by atoms with Crippen LogP contribution in [0.4, 0.5) is 0 Å². The van der Waals surface area contributed by atoms with Crippen molar-refractivity contribution in [2.24, 2.45) is 0 Å². The fraction of sp³-hybridized carbons (Fsp3) is 0.333.